The van der Waals surface area contributed by atoms with Crippen LogP contribution in [0.15, 0.2) is 48.5 Å². The van der Waals surface area contributed by atoms with E-state index in [9.17, 15) is 9.59 Å². The first-order valence-electron chi connectivity index (χ1n) is 8.23. The van der Waals surface area contributed by atoms with Crippen LogP contribution in [0.4, 0.5) is 0 Å². The Morgan fingerprint density at radius 2 is 1.67 bits per heavy atom. The Bertz CT molecular complexity index is 808. The molecule has 8 heteroatoms. The molecule has 2 amide bonds. The van der Waals surface area contributed by atoms with Crippen LogP contribution >= 0.6 is 23.8 Å². The van der Waals surface area contributed by atoms with Crippen LogP contribution in [0, 0.1) is 0 Å². The van der Waals surface area contributed by atoms with Crippen molar-refractivity contribution in [2.45, 2.75) is 19.8 Å². The molecule has 6 nitrogen and oxygen atoms in total. The summed E-state index contributed by atoms with van der Waals surface area (Å²) >= 11 is 10.8. The molecule has 0 saturated heterocycles. The Morgan fingerprint density at radius 1 is 1.04 bits per heavy atom. The Kier molecular flexibility index (Phi) is 7.57. The number of hydrazine groups is 1. The van der Waals surface area contributed by atoms with Crippen molar-refractivity contribution in [1.29, 1.82) is 0 Å². The highest BCUT2D eigenvalue weighted by Crippen LogP contribution is 2.15. The maximum Gasteiger partial charge on any atom is 0.276 e. The first-order chi connectivity index (χ1) is 12.8. The van der Waals surface area contributed by atoms with E-state index >= 15 is 0 Å². The van der Waals surface area contributed by atoms with E-state index in [4.69, 9.17) is 28.6 Å². The normalized spacial score (nSPS) is 10.2. The molecular formula is C19H20ClN3O3S. The Balaban J connectivity index is 1.73. The van der Waals surface area contributed by atoms with Gasteiger partial charge in [0.05, 0.1) is 0 Å². The number of hydrogen-bond donors (Lipinski definition) is 3. The largest absolute Gasteiger partial charge is 0.484 e. The van der Waals surface area contributed by atoms with Crippen LogP contribution in [0.25, 0.3) is 0 Å². The summed E-state index contributed by atoms with van der Waals surface area (Å²) in [6, 6.07) is 13.9. The number of amides is 2. The number of ether oxygens (including phenoxy) is 1. The van der Waals surface area contributed by atoms with Crippen LogP contribution in [0.1, 0.15) is 35.7 Å². The van der Waals surface area contributed by atoms with Gasteiger partial charge in [-0.2, -0.15) is 0 Å². The molecule has 0 atom stereocenters. The second-order valence-corrected chi connectivity index (χ2v) is 6.82. The molecule has 0 aliphatic rings. The van der Waals surface area contributed by atoms with Gasteiger partial charge in [-0.3, -0.25) is 25.8 Å². The summed E-state index contributed by atoms with van der Waals surface area (Å²) < 4.78 is 5.29. The molecule has 0 spiro atoms. The fourth-order valence-electron chi connectivity index (χ4n) is 2.07. The van der Waals surface area contributed by atoms with Gasteiger partial charge in [-0.1, -0.05) is 37.6 Å². The quantitative estimate of drug-likeness (QED) is 0.526. The van der Waals surface area contributed by atoms with Crippen molar-refractivity contribution >= 4 is 40.7 Å². The molecule has 2 aromatic rings. The lowest BCUT2D eigenvalue weighted by Crippen LogP contribution is -2.49. The monoisotopic (exact) mass is 405 g/mol. The Labute approximate surface area is 168 Å². The van der Waals surface area contributed by atoms with Crippen LogP contribution in [-0.4, -0.2) is 23.5 Å². The van der Waals surface area contributed by atoms with Gasteiger partial charge in [-0.25, -0.2) is 0 Å². The molecule has 2 aromatic carbocycles. The number of halogens is 1. The third-order valence-electron chi connectivity index (χ3n) is 3.57. The van der Waals surface area contributed by atoms with Crippen molar-refractivity contribution in [2.24, 2.45) is 0 Å². The molecule has 0 aliphatic carbocycles. The van der Waals surface area contributed by atoms with Gasteiger partial charge in [0, 0.05) is 10.6 Å². The van der Waals surface area contributed by atoms with Gasteiger partial charge in [0.15, 0.2) is 11.7 Å². The number of carbonyl (C=O) groups is 2. The fourth-order valence-corrected chi connectivity index (χ4v) is 2.34. The smallest absolute Gasteiger partial charge is 0.276 e. The SMILES string of the molecule is CC(C)c1ccc(C(=O)NC(=S)NNC(=O)COc2ccc(Cl)cc2)cc1. The van der Waals surface area contributed by atoms with Crippen LogP contribution in [0.3, 0.4) is 0 Å². The fraction of sp³-hybridized carbons (Fsp3) is 0.211. The minimum atomic E-state index is -0.456. The van der Waals surface area contributed by atoms with Crippen molar-refractivity contribution in [3.8, 4) is 5.75 Å². The first-order valence-corrected chi connectivity index (χ1v) is 9.02. The zero-order valence-electron chi connectivity index (χ0n) is 14.9. The van der Waals surface area contributed by atoms with E-state index in [1.54, 1.807) is 36.4 Å². The van der Waals surface area contributed by atoms with Gasteiger partial charge in [-0.05, 0) is 60.1 Å². The number of benzene rings is 2. The van der Waals surface area contributed by atoms with Gasteiger partial charge in [0.1, 0.15) is 5.75 Å². The summed E-state index contributed by atoms with van der Waals surface area (Å²) in [5, 5.41) is 3.05. The molecule has 0 saturated carbocycles. The standard InChI is InChI=1S/C19H20ClN3O3S/c1-12(2)13-3-5-14(6-4-13)18(25)21-19(27)23-22-17(24)11-26-16-9-7-15(20)8-10-16/h3-10,12H,11H2,1-2H3,(H,22,24)(H2,21,23,25,27). The van der Waals surface area contributed by atoms with E-state index in [0.717, 1.165) is 5.56 Å². The zero-order chi connectivity index (χ0) is 19.8. The molecule has 0 fully saturated rings. The number of hydrogen-bond acceptors (Lipinski definition) is 4. The molecule has 0 bridgehead atoms. The van der Waals surface area contributed by atoms with E-state index in [0.29, 0.717) is 22.3 Å². The summed E-state index contributed by atoms with van der Waals surface area (Å²) in [4.78, 5) is 23.9. The first kappa shape index (κ1) is 20.7. The Morgan fingerprint density at radius 3 is 2.26 bits per heavy atom. The van der Waals surface area contributed by atoms with E-state index in [2.05, 4.69) is 30.0 Å². The van der Waals surface area contributed by atoms with Gasteiger partial charge in [0.25, 0.3) is 11.8 Å². The number of carbonyl (C=O) groups excluding carboxylic acids is 2. The van der Waals surface area contributed by atoms with Gasteiger partial charge in [0.2, 0.25) is 0 Å². The summed E-state index contributed by atoms with van der Waals surface area (Å²) in [6.45, 7) is 3.93. The molecular weight excluding hydrogens is 386 g/mol. The lowest BCUT2D eigenvalue weighted by molar-refractivity contribution is -0.123. The van der Waals surface area contributed by atoms with Crippen molar-refractivity contribution < 1.29 is 14.3 Å². The highest BCUT2D eigenvalue weighted by atomic mass is 35.5. The van der Waals surface area contributed by atoms with Gasteiger partial charge in [-0.15, -0.1) is 0 Å². The molecule has 3 N–H and O–H groups in total. The van der Waals surface area contributed by atoms with E-state index in [1.165, 1.54) is 0 Å². The second kappa shape index (κ2) is 9.89. The molecule has 0 radical (unpaired) electrons. The van der Waals surface area contributed by atoms with Crippen LogP contribution in [0.5, 0.6) is 5.75 Å². The summed E-state index contributed by atoms with van der Waals surface area (Å²) in [7, 11) is 0. The summed E-state index contributed by atoms with van der Waals surface area (Å²) in [5.41, 5.74) is 6.42. The number of nitrogens with one attached hydrogen (secondary N) is 3. The van der Waals surface area contributed by atoms with Crippen LogP contribution in [0.2, 0.25) is 5.02 Å². The second-order valence-electron chi connectivity index (χ2n) is 5.98. The van der Waals surface area contributed by atoms with E-state index < -0.39 is 5.91 Å². The highest BCUT2D eigenvalue weighted by molar-refractivity contribution is 7.80. The molecule has 0 unspecified atom stereocenters. The summed E-state index contributed by atoms with van der Waals surface area (Å²) in [6.07, 6.45) is 0. The molecule has 2 rings (SSSR count). The zero-order valence-corrected chi connectivity index (χ0v) is 16.5. The third-order valence-corrected chi connectivity index (χ3v) is 4.02. The molecule has 0 heterocycles. The average Bonchev–Trinajstić information content (AvgIpc) is 2.66. The average molecular weight is 406 g/mol. The number of rotatable bonds is 5. The minimum absolute atomic E-state index is 0.0206. The predicted molar refractivity (Wildman–Crippen MR) is 109 cm³/mol. The lowest BCUT2D eigenvalue weighted by atomic mass is 10.0. The minimum Gasteiger partial charge on any atom is -0.484 e. The van der Waals surface area contributed by atoms with Crippen LogP contribution < -0.4 is 20.9 Å². The summed E-state index contributed by atoms with van der Waals surface area (Å²) in [5.74, 6) is 0.0720. The number of thiocarbonyl (C=S) groups is 1. The maximum atomic E-state index is 12.1. The Hall–Kier alpha value is -2.64. The topological polar surface area (TPSA) is 79.5 Å². The van der Waals surface area contributed by atoms with Crippen molar-refractivity contribution in [2.75, 3.05) is 6.61 Å². The van der Waals surface area contributed by atoms with E-state index in [-0.39, 0.29) is 17.6 Å². The van der Waals surface area contributed by atoms with Crippen molar-refractivity contribution in [3.63, 3.8) is 0 Å². The predicted octanol–water partition coefficient (Wildman–Crippen LogP) is 3.18. The van der Waals surface area contributed by atoms with Gasteiger partial charge >= 0.3 is 0 Å². The third kappa shape index (κ3) is 6.88. The van der Waals surface area contributed by atoms with Crippen LogP contribution in [-0.2, 0) is 4.79 Å². The molecule has 0 aliphatic heterocycles. The van der Waals surface area contributed by atoms with Crippen molar-refractivity contribution in [1.82, 2.24) is 16.2 Å². The molecule has 0 aromatic heterocycles. The van der Waals surface area contributed by atoms with Gasteiger partial charge < -0.3 is 4.74 Å². The molecule has 27 heavy (non-hydrogen) atoms. The maximum absolute atomic E-state index is 12.1. The highest BCUT2D eigenvalue weighted by Gasteiger charge is 2.09. The lowest BCUT2D eigenvalue weighted by Gasteiger charge is -2.12. The molecule has 142 valence electrons. The van der Waals surface area contributed by atoms with Crippen molar-refractivity contribution in [3.05, 3.63) is 64.7 Å². The van der Waals surface area contributed by atoms with E-state index in [1.807, 2.05) is 12.1 Å².